The molecule has 0 heterocycles. The van der Waals surface area contributed by atoms with Gasteiger partial charge >= 0.3 is 0 Å². The zero-order chi connectivity index (χ0) is 45.2. The Labute approximate surface area is 396 Å². The summed E-state index contributed by atoms with van der Waals surface area (Å²) in [6.07, 6.45) is 5.62. The molecule has 1 heteroatoms. The number of benzene rings is 9. The third-order valence-electron chi connectivity index (χ3n) is 15.2. The molecule has 3 aliphatic rings. The molecule has 322 valence electrons. The van der Waals surface area contributed by atoms with Gasteiger partial charge in [0, 0.05) is 28.9 Å². The molecule has 3 unspecified atom stereocenters. The first-order valence-corrected chi connectivity index (χ1v) is 24.1. The molecule has 0 fully saturated rings. The van der Waals surface area contributed by atoms with E-state index in [1.807, 2.05) is 0 Å². The van der Waals surface area contributed by atoms with Crippen LogP contribution in [-0.4, -0.2) is 0 Å². The Bertz CT molecular complexity index is 3440. The van der Waals surface area contributed by atoms with Crippen molar-refractivity contribution in [3.63, 3.8) is 0 Å². The summed E-state index contributed by atoms with van der Waals surface area (Å²) in [5.74, 6) is 0.294. The van der Waals surface area contributed by atoms with Crippen LogP contribution in [0.3, 0.4) is 0 Å². The second-order valence-electron chi connectivity index (χ2n) is 18.5. The van der Waals surface area contributed by atoms with Gasteiger partial charge in [-0.15, -0.1) is 0 Å². The summed E-state index contributed by atoms with van der Waals surface area (Å²) < 4.78 is 0. The number of fused-ring (bicyclic) bond motifs is 9. The van der Waals surface area contributed by atoms with E-state index in [-0.39, 0.29) is 5.92 Å². The molecule has 0 N–H and O–H groups in total. The van der Waals surface area contributed by atoms with E-state index >= 15 is 0 Å². The molecule has 0 aromatic heterocycles. The standard InChI is InChI=1S/C66H53N/c1-5-21-60-49(6-2)56-29-16-18-33-61(56)66(60)62-34-19-17-31-58(62)64(57-30-15-14-27-53(57)50-25-11-10-22-43(50)3)65-52(32-20-35-63(65)66)45-36-38-47(39-37-45)67(46-23-8-7-9-24-46)48-40-41-55-54-28-13-12-26-51(54)44(4)59(55)42-48/h5,7-42,44,64H,6H2,1-4H3/b21-5-. The van der Waals surface area contributed by atoms with Crippen molar-refractivity contribution in [3.05, 3.63) is 286 Å². The molecule has 0 saturated heterocycles. The first-order chi connectivity index (χ1) is 33.0. The molecule has 0 bridgehead atoms. The summed E-state index contributed by atoms with van der Waals surface area (Å²) in [6, 6.07) is 80.0. The van der Waals surface area contributed by atoms with E-state index in [2.05, 4.69) is 257 Å². The van der Waals surface area contributed by atoms with Crippen LogP contribution in [0.15, 0.2) is 230 Å². The molecular weight excluding hydrogens is 807 g/mol. The van der Waals surface area contributed by atoms with Gasteiger partial charge in [-0.3, -0.25) is 0 Å². The minimum Gasteiger partial charge on any atom is -0.310 e. The molecule has 0 saturated carbocycles. The van der Waals surface area contributed by atoms with E-state index in [1.165, 1.54) is 100 Å². The van der Waals surface area contributed by atoms with Crippen LogP contribution < -0.4 is 4.90 Å². The highest BCUT2D eigenvalue weighted by Crippen LogP contribution is 2.63. The third-order valence-corrected chi connectivity index (χ3v) is 15.2. The fourth-order valence-electron chi connectivity index (χ4n) is 12.4. The monoisotopic (exact) mass is 859 g/mol. The molecule has 0 aliphatic heterocycles. The van der Waals surface area contributed by atoms with E-state index in [9.17, 15) is 0 Å². The summed E-state index contributed by atoms with van der Waals surface area (Å²) in [6.45, 7) is 9.08. The van der Waals surface area contributed by atoms with Crippen LogP contribution in [0.4, 0.5) is 17.1 Å². The maximum atomic E-state index is 2.45. The van der Waals surface area contributed by atoms with E-state index in [0.717, 1.165) is 23.5 Å². The lowest BCUT2D eigenvalue weighted by molar-refractivity contribution is 0.693. The highest BCUT2D eigenvalue weighted by atomic mass is 15.1. The number of anilines is 3. The van der Waals surface area contributed by atoms with Crippen molar-refractivity contribution >= 4 is 22.6 Å². The van der Waals surface area contributed by atoms with Crippen LogP contribution in [0.25, 0.3) is 39.0 Å². The van der Waals surface area contributed by atoms with Crippen molar-refractivity contribution in [2.24, 2.45) is 0 Å². The Morgan fingerprint density at radius 3 is 1.75 bits per heavy atom. The predicted molar refractivity (Wildman–Crippen MR) is 282 cm³/mol. The Balaban J connectivity index is 1.09. The number of para-hydroxylation sites is 1. The molecule has 12 rings (SSSR count). The predicted octanol–water partition coefficient (Wildman–Crippen LogP) is 17.5. The lowest BCUT2D eigenvalue weighted by Crippen LogP contribution is -2.37. The first kappa shape index (κ1) is 40.7. The molecule has 1 spiro atoms. The van der Waals surface area contributed by atoms with E-state index in [0.29, 0.717) is 5.92 Å². The Morgan fingerprint density at radius 1 is 0.463 bits per heavy atom. The van der Waals surface area contributed by atoms with Gasteiger partial charge < -0.3 is 4.90 Å². The van der Waals surface area contributed by atoms with Crippen molar-refractivity contribution in [3.8, 4) is 33.4 Å². The van der Waals surface area contributed by atoms with E-state index in [1.54, 1.807) is 0 Å². The largest absolute Gasteiger partial charge is 0.310 e. The minimum absolute atomic E-state index is 0.0356. The molecule has 9 aromatic rings. The smallest absolute Gasteiger partial charge is 0.0716 e. The Hall–Kier alpha value is -7.74. The summed E-state index contributed by atoms with van der Waals surface area (Å²) in [5, 5.41) is 0. The SMILES string of the molecule is C/C=C\C1=C(CC)c2ccccc2C12c1ccccc1C(c1ccccc1-c1ccccc1C)c1c(-c3ccc(N(c4ccccc4)c4ccc5c(c4)C(C)c4ccccc4-5)cc3)cccc12. The van der Waals surface area contributed by atoms with Gasteiger partial charge in [0.1, 0.15) is 0 Å². The summed E-state index contributed by atoms with van der Waals surface area (Å²) in [5.41, 5.74) is 27.0. The highest BCUT2D eigenvalue weighted by Gasteiger charge is 2.52. The second kappa shape index (κ2) is 16.3. The summed E-state index contributed by atoms with van der Waals surface area (Å²) >= 11 is 0. The average Bonchev–Trinajstić information content (AvgIpc) is 3.82. The normalized spacial score (nSPS) is 17.6. The van der Waals surface area contributed by atoms with Crippen molar-refractivity contribution in [1.82, 2.24) is 0 Å². The number of aryl methyl sites for hydroxylation is 1. The topological polar surface area (TPSA) is 3.24 Å². The molecule has 0 radical (unpaired) electrons. The minimum atomic E-state index is -0.501. The molecule has 3 aliphatic carbocycles. The quantitative estimate of drug-likeness (QED) is 0.147. The zero-order valence-electron chi connectivity index (χ0n) is 38.7. The number of hydrogen-bond acceptors (Lipinski definition) is 1. The van der Waals surface area contributed by atoms with E-state index < -0.39 is 5.41 Å². The van der Waals surface area contributed by atoms with Gasteiger partial charge in [-0.25, -0.2) is 0 Å². The van der Waals surface area contributed by atoms with Gasteiger partial charge in [0.05, 0.1) is 5.41 Å². The Kier molecular flexibility index (Phi) is 9.91. The molecule has 0 amide bonds. The molecule has 67 heavy (non-hydrogen) atoms. The van der Waals surface area contributed by atoms with Crippen molar-refractivity contribution in [1.29, 1.82) is 0 Å². The van der Waals surface area contributed by atoms with Gasteiger partial charge in [-0.1, -0.05) is 202 Å². The summed E-state index contributed by atoms with van der Waals surface area (Å²) in [4.78, 5) is 2.42. The maximum Gasteiger partial charge on any atom is 0.0716 e. The number of allylic oxidation sites excluding steroid dienone is 4. The maximum absolute atomic E-state index is 2.45. The van der Waals surface area contributed by atoms with Crippen LogP contribution in [0.2, 0.25) is 0 Å². The molecule has 9 aromatic carbocycles. The van der Waals surface area contributed by atoms with Crippen LogP contribution in [0.5, 0.6) is 0 Å². The van der Waals surface area contributed by atoms with Crippen molar-refractivity contribution in [2.75, 3.05) is 4.90 Å². The van der Waals surface area contributed by atoms with Crippen LogP contribution in [0, 0.1) is 6.92 Å². The molecular formula is C66H53N. The molecule has 3 atom stereocenters. The third kappa shape index (κ3) is 6.14. The number of nitrogens with zero attached hydrogens (tertiary/aromatic N) is 1. The van der Waals surface area contributed by atoms with Crippen LogP contribution in [-0.2, 0) is 5.41 Å². The first-order valence-electron chi connectivity index (χ1n) is 24.1. The highest BCUT2D eigenvalue weighted by molar-refractivity contribution is 5.92. The van der Waals surface area contributed by atoms with Crippen LogP contribution >= 0.6 is 0 Å². The van der Waals surface area contributed by atoms with Gasteiger partial charge in [0.25, 0.3) is 0 Å². The van der Waals surface area contributed by atoms with Crippen molar-refractivity contribution in [2.45, 2.75) is 51.4 Å². The van der Waals surface area contributed by atoms with Crippen molar-refractivity contribution < 1.29 is 0 Å². The van der Waals surface area contributed by atoms with Gasteiger partial charge in [-0.2, -0.15) is 0 Å². The molecule has 1 nitrogen and oxygen atoms in total. The van der Waals surface area contributed by atoms with Gasteiger partial charge in [0.2, 0.25) is 0 Å². The fourth-order valence-corrected chi connectivity index (χ4v) is 12.4. The number of hydrogen-bond donors (Lipinski definition) is 0. The zero-order valence-corrected chi connectivity index (χ0v) is 38.7. The summed E-state index contributed by atoms with van der Waals surface area (Å²) in [7, 11) is 0. The fraction of sp³-hybridized carbons (Fsp3) is 0.121. The average molecular weight is 860 g/mol. The Morgan fingerprint density at radius 2 is 1.01 bits per heavy atom. The lowest BCUT2D eigenvalue weighted by atomic mass is 9.56. The van der Waals surface area contributed by atoms with Crippen LogP contribution in [0.1, 0.15) is 94.7 Å². The van der Waals surface area contributed by atoms with Gasteiger partial charge in [0.15, 0.2) is 0 Å². The van der Waals surface area contributed by atoms with Gasteiger partial charge in [-0.05, 0) is 157 Å². The van der Waals surface area contributed by atoms with E-state index in [4.69, 9.17) is 0 Å². The lowest BCUT2D eigenvalue weighted by Gasteiger charge is -2.45. The number of rotatable bonds is 8. The second-order valence-corrected chi connectivity index (χ2v) is 18.5.